The summed E-state index contributed by atoms with van der Waals surface area (Å²) in [6.45, 7) is 11.3. The molecule has 2 aromatic carbocycles. The van der Waals surface area contributed by atoms with Crippen molar-refractivity contribution in [1.29, 1.82) is 0 Å². The van der Waals surface area contributed by atoms with Gasteiger partial charge in [-0.15, -0.1) is 0 Å². The summed E-state index contributed by atoms with van der Waals surface area (Å²) in [7, 11) is 1.78. The highest BCUT2D eigenvalue weighted by Crippen LogP contribution is 2.45. The Morgan fingerprint density at radius 3 is 2.39 bits per heavy atom. The number of fused-ring (bicyclic) bond motifs is 1. The lowest BCUT2D eigenvalue weighted by atomic mass is 9.79. The normalized spacial score (nSPS) is 18.1. The molecule has 2 aromatic rings. The van der Waals surface area contributed by atoms with Crippen molar-refractivity contribution in [2.24, 2.45) is 5.41 Å². The molecule has 0 bridgehead atoms. The van der Waals surface area contributed by atoms with E-state index in [1.807, 2.05) is 0 Å². The number of ether oxygens (including phenoxy) is 1. The van der Waals surface area contributed by atoms with E-state index in [2.05, 4.69) is 67.4 Å². The topological polar surface area (TPSA) is 24.5 Å². The number of piperazine rings is 1. The summed E-state index contributed by atoms with van der Waals surface area (Å²) in [6, 6.07) is 13.3. The molecule has 0 amide bonds. The Hall–Kier alpha value is -1.58. The Morgan fingerprint density at radius 1 is 1.04 bits per heavy atom. The van der Waals surface area contributed by atoms with Crippen LogP contribution in [0.3, 0.4) is 0 Å². The molecule has 0 saturated carbocycles. The van der Waals surface area contributed by atoms with Gasteiger partial charge in [-0.05, 0) is 22.3 Å². The molecule has 23 heavy (non-hydrogen) atoms. The van der Waals surface area contributed by atoms with Crippen molar-refractivity contribution < 1.29 is 4.74 Å². The maximum Gasteiger partial charge on any atom is 0.124 e. The highest BCUT2D eigenvalue weighted by molar-refractivity contribution is 5.88. The Bertz CT molecular complexity index is 669. The van der Waals surface area contributed by atoms with Crippen LogP contribution in [0.25, 0.3) is 10.8 Å². The molecule has 124 valence electrons. The van der Waals surface area contributed by atoms with Gasteiger partial charge in [-0.25, -0.2) is 0 Å². The molecule has 3 heteroatoms. The van der Waals surface area contributed by atoms with E-state index >= 15 is 0 Å². The van der Waals surface area contributed by atoms with Gasteiger partial charge in [-0.2, -0.15) is 0 Å². The van der Waals surface area contributed by atoms with E-state index in [1.165, 1.54) is 16.3 Å². The standard InChI is InChI=1S/C20H28N2O/c1-20(2,3)19(22-13-11-21-12-14-22)18-16-8-6-5-7-15(16)9-10-17(18)23-4/h5-10,19,21H,11-14H2,1-4H3/t19-/m0/s1. The number of nitrogens with one attached hydrogen (secondary N) is 1. The minimum atomic E-state index is 0.134. The maximum atomic E-state index is 5.78. The third kappa shape index (κ3) is 3.22. The average Bonchev–Trinajstić information content (AvgIpc) is 2.55. The second-order valence-electron chi connectivity index (χ2n) is 7.46. The van der Waals surface area contributed by atoms with Gasteiger partial charge in [0, 0.05) is 37.8 Å². The summed E-state index contributed by atoms with van der Waals surface area (Å²) in [6.07, 6.45) is 0. The van der Waals surface area contributed by atoms with Crippen LogP contribution in [-0.2, 0) is 0 Å². The molecule has 0 aliphatic carbocycles. The molecule has 1 aliphatic rings. The second kappa shape index (κ2) is 6.50. The van der Waals surface area contributed by atoms with Crippen LogP contribution in [-0.4, -0.2) is 38.2 Å². The van der Waals surface area contributed by atoms with E-state index in [1.54, 1.807) is 7.11 Å². The van der Waals surface area contributed by atoms with Gasteiger partial charge in [0.25, 0.3) is 0 Å². The fraction of sp³-hybridized carbons (Fsp3) is 0.500. The number of hydrogen-bond donors (Lipinski definition) is 1. The van der Waals surface area contributed by atoms with Gasteiger partial charge in [-0.1, -0.05) is 51.1 Å². The molecule has 1 atom stereocenters. The lowest BCUT2D eigenvalue weighted by molar-refractivity contribution is 0.0852. The van der Waals surface area contributed by atoms with Gasteiger partial charge in [-0.3, -0.25) is 4.90 Å². The quantitative estimate of drug-likeness (QED) is 0.932. The van der Waals surface area contributed by atoms with Crippen molar-refractivity contribution in [2.45, 2.75) is 26.8 Å². The summed E-state index contributed by atoms with van der Waals surface area (Å²) in [5, 5.41) is 6.06. The van der Waals surface area contributed by atoms with E-state index in [0.717, 1.165) is 31.9 Å². The smallest absolute Gasteiger partial charge is 0.124 e. The maximum absolute atomic E-state index is 5.78. The van der Waals surface area contributed by atoms with Crippen molar-refractivity contribution >= 4 is 10.8 Å². The van der Waals surface area contributed by atoms with Gasteiger partial charge in [0.15, 0.2) is 0 Å². The van der Waals surface area contributed by atoms with E-state index in [-0.39, 0.29) is 5.41 Å². The highest BCUT2D eigenvalue weighted by Gasteiger charge is 2.35. The van der Waals surface area contributed by atoms with Crippen LogP contribution in [0.15, 0.2) is 36.4 Å². The summed E-state index contributed by atoms with van der Waals surface area (Å²) in [4.78, 5) is 2.61. The lowest BCUT2D eigenvalue weighted by Crippen LogP contribution is -2.48. The lowest BCUT2D eigenvalue weighted by Gasteiger charge is -2.43. The zero-order chi connectivity index (χ0) is 16.4. The zero-order valence-electron chi connectivity index (χ0n) is 14.7. The largest absolute Gasteiger partial charge is 0.496 e. The number of hydrogen-bond acceptors (Lipinski definition) is 3. The van der Waals surface area contributed by atoms with Gasteiger partial charge in [0.05, 0.1) is 7.11 Å². The van der Waals surface area contributed by atoms with Crippen molar-refractivity contribution in [3.63, 3.8) is 0 Å². The second-order valence-corrected chi connectivity index (χ2v) is 7.46. The van der Waals surface area contributed by atoms with Crippen molar-refractivity contribution in [3.05, 3.63) is 42.0 Å². The summed E-state index contributed by atoms with van der Waals surface area (Å²) >= 11 is 0. The van der Waals surface area contributed by atoms with Crippen molar-refractivity contribution in [2.75, 3.05) is 33.3 Å². The Balaban J connectivity index is 2.20. The monoisotopic (exact) mass is 312 g/mol. The molecular weight excluding hydrogens is 284 g/mol. The molecule has 0 aromatic heterocycles. The molecule has 1 fully saturated rings. The van der Waals surface area contributed by atoms with Crippen LogP contribution < -0.4 is 10.1 Å². The zero-order valence-corrected chi connectivity index (χ0v) is 14.7. The molecule has 0 radical (unpaired) electrons. The molecule has 0 spiro atoms. The first-order valence-corrected chi connectivity index (χ1v) is 8.53. The van der Waals surface area contributed by atoms with Crippen LogP contribution in [0.2, 0.25) is 0 Å². The minimum absolute atomic E-state index is 0.134. The molecule has 1 saturated heterocycles. The van der Waals surface area contributed by atoms with Crippen LogP contribution >= 0.6 is 0 Å². The van der Waals surface area contributed by atoms with Crippen molar-refractivity contribution in [3.8, 4) is 5.75 Å². The number of rotatable bonds is 3. The van der Waals surface area contributed by atoms with Gasteiger partial charge in [0.1, 0.15) is 5.75 Å². The van der Waals surface area contributed by atoms with Gasteiger partial charge in [0.2, 0.25) is 0 Å². The fourth-order valence-corrected chi connectivity index (χ4v) is 3.84. The number of nitrogens with zero attached hydrogens (tertiary/aromatic N) is 1. The number of methoxy groups -OCH3 is 1. The third-order valence-corrected chi connectivity index (χ3v) is 4.76. The Labute approximate surface area is 139 Å². The predicted octanol–water partition coefficient (Wildman–Crippen LogP) is 3.84. The summed E-state index contributed by atoms with van der Waals surface area (Å²) in [5.74, 6) is 1.00. The predicted molar refractivity (Wildman–Crippen MR) is 97.1 cm³/mol. The highest BCUT2D eigenvalue weighted by atomic mass is 16.5. The van der Waals surface area contributed by atoms with Crippen molar-refractivity contribution in [1.82, 2.24) is 10.2 Å². The fourth-order valence-electron chi connectivity index (χ4n) is 3.84. The molecule has 3 rings (SSSR count). The molecular formula is C20H28N2O. The van der Waals surface area contributed by atoms with Crippen LogP contribution in [0, 0.1) is 5.41 Å². The van der Waals surface area contributed by atoms with E-state index in [4.69, 9.17) is 4.74 Å². The van der Waals surface area contributed by atoms with E-state index < -0.39 is 0 Å². The Kier molecular flexibility index (Phi) is 4.60. The van der Waals surface area contributed by atoms with Gasteiger partial charge < -0.3 is 10.1 Å². The SMILES string of the molecule is COc1ccc2ccccc2c1[C@H](N1CCNCC1)C(C)(C)C. The molecule has 1 heterocycles. The van der Waals surface area contributed by atoms with Crippen LogP contribution in [0.4, 0.5) is 0 Å². The van der Waals surface area contributed by atoms with Crippen LogP contribution in [0.1, 0.15) is 32.4 Å². The van der Waals surface area contributed by atoms with Crippen LogP contribution in [0.5, 0.6) is 5.75 Å². The first-order valence-electron chi connectivity index (χ1n) is 8.53. The number of benzene rings is 2. The first kappa shape index (κ1) is 16.3. The first-order chi connectivity index (χ1) is 11.0. The summed E-state index contributed by atoms with van der Waals surface area (Å²) in [5.41, 5.74) is 1.47. The average molecular weight is 312 g/mol. The van der Waals surface area contributed by atoms with E-state index in [9.17, 15) is 0 Å². The van der Waals surface area contributed by atoms with Gasteiger partial charge >= 0.3 is 0 Å². The van der Waals surface area contributed by atoms with E-state index in [0.29, 0.717) is 6.04 Å². The minimum Gasteiger partial charge on any atom is -0.496 e. The molecule has 3 nitrogen and oxygen atoms in total. The molecule has 0 unspecified atom stereocenters. The summed E-state index contributed by atoms with van der Waals surface area (Å²) < 4.78 is 5.78. The Morgan fingerprint density at radius 2 is 1.74 bits per heavy atom. The molecule has 1 aliphatic heterocycles. The third-order valence-electron chi connectivity index (χ3n) is 4.76. The molecule has 1 N–H and O–H groups in total.